The van der Waals surface area contributed by atoms with Crippen LogP contribution in [0.25, 0.3) is 0 Å². The van der Waals surface area contributed by atoms with Crippen molar-refractivity contribution in [2.24, 2.45) is 5.41 Å². The zero-order valence-corrected chi connectivity index (χ0v) is 11.8. The van der Waals surface area contributed by atoms with Crippen molar-refractivity contribution in [3.05, 3.63) is 58.7 Å². The van der Waals surface area contributed by atoms with Gasteiger partial charge < -0.3 is 9.47 Å². The third-order valence-electron chi connectivity index (χ3n) is 4.02. The molecule has 0 amide bonds. The first-order valence-electron chi connectivity index (χ1n) is 7.06. The number of nitrogens with zero attached hydrogens (tertiary/aromatic N) is 1. The van der Waals surface area contributed by atoms with Crippen molar-refractivity contribution in [3.63, 3.8) is 0 Å². The molecular formula is C16H15NO5. The van der Waals surface area contributed by atoms with Gasteiger partial charge in [0.25, 0.3) is 5.69 Å². The first-order chi connectivity index (χ1) is 10.6. The number of hydrogen-bond acceptors (Lipinski definition) is 5. The van der Waals surface area contributed by atoms with Crippen molar-refractivity contribution in [2.75, 3.05) is 0 Å². The van der Waals surface area contributed by atoms with Crippen molar-refractivity contribution in [3.8, 4) is 5.75 Å². The minimum atomic E-state index is -0.776. The van der Waals surface area contributed by atoms with Crippen LogP contribution in [0.15, 0.2) is 48.6 Å². The number of nitro benzene ring substituents is 1. The Morgan fingerprint density at radius 1 is 1.23 bits per heavy atom. The largest absolute Gasteiger partial charge is 0.514 e. The molecule has 2 aliphatic carbocycles. The second-order valence-electron chi connectivity index (χ2n) is 5.54. The highest BCUT2D eigenvalue weighted by Gasteiger charge is 2.38. The quantitative estimate of drug-likeness (QED) is 0.367. The summed E-state index contributed by atoms with van der Waals surface area (Å²) in [6.45, 7) is 0. The van der Waals surface area contributed by atoms with Crippen molar-refractivity contribution in [2.45, 2.75) is 25.4 Å². The molecule has 114 valence electrons. The molecule has 1 saturated carbocycles. The van der Waals surface area contributed by atoms with Crippen molar-refractivity contribution in [1.82, 2.24) is 0 Å². The number of benzene rings is 1. The van der Waals surface area contributed by atoms with Gasteiger partial charge in [-0.3, -0.25) is 10.1 Å². The zero-order valence-electron chi connectivity index (χ0n) is 11.8. The predicted octanol–water partition coefficient (Wildman–Crippen LogP) is 3.78. The Balaban J connectivity index is 1.53. The highest BCUT2D eigenvalue weighted by Crippen LogP contribution is 2.44. The average molecular weight is 301 g/mol. The zero-order chi connectivity index (χ0) is 15.6. The topological polar surface area (TPSA) is 78.7 Å². The fraction of sp³-hybridized carbons (Fsp3) is 0.312. The lowest BCUT2D eigenvalue weighted by atomic mass is 9.88. The lowest BCUT2D eigenvalue weighted by Crippen LogP contribution is -2.20. The summed E-state index contributed by atoms with van der Waals surface area (Å²) in [5.74, 6) is 0.226. The maximum Gasteiger partial charge on any atom is 0.514 e. The van der Waals surface area contributed by atoms with Gasteiger partial charge in [0.05, 0.1) is 4.92 Å². The minimum absolute atomic E-state index is 0.0261. The van der Waals surface area contributed by atoms with Gasteiger partial charge in [-0.1, -0.05) is 24.3 Å². The Morgan fingerprint density at radius 2 is 1.91 bits per heavy atom. The number of ether oxygens (including phenoxy) is 2. The molecule has 0 radical (unpaired) electrons. The Kier molecular flexibility index (Phi) is 3.66. The normalized spacial score (nSPS) is 21.2. The fourth-order valence-corrected chi connectivity index (χ4v) is 2.90. The van der Waals surface area contributed by atoms with Crippen LogP contribution in [-0.4, -0.2) is 17.2 Å². The summed E-state index contributed by atoms with van der Waals surface area (Å²) < 4.78 is 10.4. The SMILES string of the molecule is O=C(Oc1ccc([N+](=O)[O-])cc1)OC1CCC2(C=CC=C2)C1. The molecule has 1 aromatic rings. The van der Waals surface area contributed by atoms with E-state index in [1.165, 1.54) is 24.3 Å². The summed E-state index contributed by atoms with van der Waals surface area (Å²) in [7, 11) is 0. The third-order valence-corrected chi connectivity index (χ3v) is 4.02. The summed E-state index contributed by atoms with van der Waals surface area (Å²) in [4.78, 5) is 21.8. The van der Waals surface area contributed by atoms with Crippen LogP contribution in [0.1, 0.15) is 19.3 Å². The molecule has 1 spiro atoms. The molecule has 6 heteroatoms. The molecule has 1 aromatic carbocycles. The fourth-order valence-electron chi connectivity index (χ4n) is 2.90. The molecule has 1 unspecified atom stereocenters. The molecular weight excluding hydrogens is 286 g/mol. The molecule has 0 saturated heterocycles. The second-order valence-corrected chi connectivity index (χ2v) is 5.54. The van der Waals surface area contributed by atoms with Crippen LogP contribution >= 0.6 is 0 Å². The first kappa shape index (κ1) is 14.3. The molecule has 1 fully saturated rings. The number of rotatable bonds is 3. The first-order valence-corrected chi connectivity index (χ1v) is 7.06. The van der Waals surface area contributed by atoms with E-state index < -0.39 is 11.1 Å². The summed E-state index contributed by atoms with van der Waals surface area (Å²) in [5.41, 5.74) is -0.0311. The molecule has 1 atom stereocenters. The predicted molar refractivity (Wildman–Crippen MR) is 78.6 cm³/mol. The van der Waals surface area contributed by atoms with Crippen LogP contribution in [0.2, 0.25) is 0 Å². The summed E-state index contributed by atoms with van der Waals surface area (Å²) in [5, 5.41) is 10.5. The smallest absolute Gasteiger partial charge is 0.431 e. The molecule has 2 aliphatic rings. The van der Waals surface area contributed by atoms with Gasteiger partial charge in [-0.2, -0.15) is 0 Å². The summed E-state index contributed by atoms with van der Waals surface area (Å²) >= 11 is 0. The minimum Gasteiger partial charge on any atom is -0.431 e. The number of carbonyl (C=O) groups is 1. The number of nitro groups is 1. The van der Waals surface area contributed by atoms with Gasteiger partial charge in [0.15, 0.2) is 0 Å². The molecule has 3 rings (SSSR count). The van der Waals surface area contributed by atoms with Crippen LogP contribution in [0, 0.1) is 15.5 Å². The van der Waals surface area contributed by atoms with Crippen LogP contribution in [0.3, 0.4) is 0 Å². The molecule has 0 heterocycles. The molecule has 0 bridgehead atoms. The van der Waals surface area contributed by atoms with Crippen LogP contribution in [0.5, 0.6) is 5.75 Å². The Labute approximate surface area is 127 Å². The van der Waals surface area contributed by atoms with E-state index in [4.69, 9.17) is 9.47 Å². The molecule has 0 aliphatic heterocycles. The highest BCUT2D eigenvalue weighted by atomic mass is 16.7. The van der Waals surface area contributed by atoms with Gasteiger partial charge in [-0.15, -0.1) is 0 Å². The molecule has 0 N–H and O–H groups in total. The van der Waals surface area contributed by atoms with E-state index in [0.29, 0.717) is 0 Å². The average Bonchev–Trinajstić information content (AvgIpc) is 3.10. The maximum atomic E-state index is 11.8. The van der Waals surface area contributed by atoms with E-state index in [1.54, 1.807) is 0 Å². The van der Waals surface area contributed by atoms with E-state index >= 15 is 0 Å². The van der Waals surface area contributed by atoms with Gasteiger partial charge in [-0.25, -0.2) is 4.79 Å². The Hall–Kier alpha value is -2.63. The Bertz CT molecular complexity index is 635. The van der Waals surface area contributed by atoms with E-state index in [2.05, 4.69) is 12.2 Å². The van der Waals surface area contributed by atoms with E-state index in [0.717, 1.165) is 19.3 Å². The van der Waals surface area contributed by atoms with Gasteiger partial charge in [-0.05, 0) is 31.4 Å². The number of non-ortho nitro benzene ring substituents is 1. The molecule has 6 nitrogen and oxygen atoms in total. The van der Waals surface area contributed by atoms with Gasteiger partial charge in [0.2, 0.25) is 0 Å². The highest BCUT2D eigenvalue weighted by molar-refractivity contribution is 5.64. The van der Waals surface area contributed by atoms with Crippen molar-refractivity contribution < 1.29 is 19.2 Å². The van der Waals surface area contributed by atoms with Gasteiger partial charge in [0.1, 0.15) is 11.9 Å². The summed E-state index contributed by atoms with van der Waals surface area (Å²) in [6.07, 6.45) is 9.86. The summed E-state index contributed by atoms with van der Waals surface area (Å²) in [6, 6.07) is 5.30. The van der Waals surface area contributed by atoms with Crippen LogP contribution < -0.4 is 4.74 Å². The third kappa shape index (κ3) is 3.00. The van der Waals surface area contributed by atoms with Crippen molar-refractivity contribution in [1.29, 1.82) is 0 Å². The van der Waals surface area contributed by atoms with E-state index in [1.807, 2.05) is 12.2 Å². The number of hydrogen-bond donors (Lipinski definition) is 0. The van der Waals surface area contributed by atoms with Crippen molar-refractivity contribution >= 4 is 11.8 Å². The molecule has 0 aromatic heterocycles. The van der Waals surface area contributed by atoms with Crippen LogP contribution in [0.4, 0.5) is 10.5 Å². The molecule has 22 heavy (non-hydrogen) atoms. The number of carbonyl (C=O) groups excluding carboxylic acids is 1. The maximum absolute atomic E-state index is 11.8. The van der Waals surface area contributed by atoms with E-state index in [-0.39, 0.29) is 23.0 Å². The van der Waals surface area contributed by atoms with Crippen LogP contribution in [-0.2, 0) is 4.74 Å². The lowest BCUT2D eigenvalue weighted by molar-refractivity contribution is -0.384. The van der Waals surface area contributed by atoms with Gasteiger partial charge >= 0.3 is 6.16 Å². The van der Waals surface area contributed by atoms with E-state index in [9.17, 15) is 14.9 Å². The monoisotopic (exact) mass is 301 g/mol. The second kappa shape index (κ2) is 5.63. The van der Waals surface area contributed by atoms with Gasteiger partial charge in [0, 0.05) is 17.5 Å². The lowest BCUT2D eigenvalue weighted by Gasteiger charge is -2.18. The number of allylic oxidation sites excluding steroid dienone is 4. The standard InChI is InChI=1S/C16H15NO5/c18-15(21-13-5-3-12(4-6-13)17(19)20)22-14-7-10-16(11-14)8-1-2-9-16/h1-6,8-9,14H,7,10-11H2. The Morgan fingerprint density at radius 3 is 2.55 bits per heavy atom.